The van der Waals surface area contributed by atoms with Crippen LogP contribution in [0, 0.1) is 5.41 Å². The maximum absolute atomic E-state index is 12.4. The molecule has 0 heterocycles. The molecule has 0 saturated heterocycles. The summed E-state index contributed by atoms with van der Waals surface area (Å²) < 4.78 is 0. The Balaban J connectivity index is 3.01. The molecule has 0 radical (unpaired) electrons. The molecular formula is C14H22N2O2. The molecule has 0 aliphatic rings. The zero-order valence-corrected chi connectivity index (χ0v) is 11.5. The maximum atomic E-state index is 12.4. The molecule has 1 unspecified atom stereocenters. The van der Waals surface area contributed by atoms with Crippen LogP contribution >= 0.6 is 0 Å². The summed E-state index contributed by atoms with van der Waals surface area (Å²) in [6, 6.07) is 6.07. The van der Waals surface area contributed by atoms with E-state index in [9.17, 15) is 9.90 Å². The smallest absolute Gasteiger partial charge is 0.244 e. The topological polar surface area (TPSA) is 66.6 Å². The van der Waals surface area contributed by atoms with Crippen molar-refractivity contribution in [1.29, 1.82) is 0 Å². The fraction of sp³-hybridized carbons (Fsp3) is 0.500. The molecule has 1 aromatic carbocycles. The van der Waals surface area contributed by atoms with Crippen molar-refractivity contribution in [2.45, 2.75) is 33.7 Å². The second-order valence-corrected chi connectivity index (χ2v) is 5.45. The Bertz CT molecular complexity index is 424. The Morgan fingerprint density at radius 2 is 2.06 bits per heavy atom. The minimum absolute atomic E-state index is 0.129. The summed E-state index contributed by atoms with van der Waals surface area (Å²) in [5.74, 6) is 0.0127. The van der Waals surface area contributed by atoms with E-state index in [0.717, 1.165) is 0 Å². The Hall–Kier alpha value is -1.55. The van der Waals surface area contributed by atoms with Gasteiger partial charge in [0, 0.05) is 18.3 Å². The maximum Gasteiger partial charge on any atom is 0.244 e. The van der Waals surface area contributed by atoms with Crippen molar-refractivity contribution in [3.63, 3.8) is 0 Å². The fourth-order valence-electron chi connectivity index (χ4n) is 1.66. The molecule has 0 spiro atoms. The van der Waals surface area contributed by atoms with Crippen LogP contribution in [0.25, 0.3) is 0 Å². The Kier molecular flexibility index (Phi) is 4.35. The van der Waals surface area contributed by atoms with Gasteiger partial charge in [-0.3, -0.25) is 4.79 Å². The van der Waals surface area contributed by atoms with E-state index in [1.807, 2.05) is 27.7 Å². The Labute approximate surface area is 108 Å². The molecule has 0 aromatic heterocycles. The summed E-state index contributed by atoms with van der Waals surface area (Å²) in [6.07, 6.45) is 0. The fourth-order valence-corrected chi connectivity index (χ4v) is 1.66. The number of hydrogen-bond acceptors (Lipinski definition) is 3. The molecule has 0 bridgehead atoms. The van der Waals surface area contributed by atoms with Crippen LogP contribution < -0.4 is 10.6 Å². The first-order valence-corrected chi connectivity index (χ1v) is 6.13. The average Bonchev–Trinajstić information content (AvgIpc) is 2.27. The number of phenols is 1. The zero-order chi connectivity index (χ0) is 13.9. The largest absolute Gasteiger partial charge is 0.508 e. The van der Waals surface area contributed by atoms with Crippen molar-refractivity contribution in [3.8, 4) is 5.75 Å². The number of nitrogens with two attached hydrogens (primary N) is 1. The SMILES string of the molecule is CCN(C(=O)C(N)C(C)(C)C)c1cccc(O)c1. The lowest BCUT2D eigenvalue weighted by atomic mass is 9.86. The third-order valence-corrected chi connectivity index (χ3v) is 2.92. The molecular weight excluding hydrogens is 228 g/mol. The predicted octanol–water partition coefficient (Wildman–Crippen LogP) is 2.12. The summed E-state index contributed by atoms with van der Waals surface area (Å²) in [6.45, 7) is 8.22. The molecule has 18 heavy (non-hydrogen) atoms. The molecule has 0 saturated carbocycles. The van der Waals surface area contributed by atoms with Gasteiger partial charge in [0.25, 0.3) is 0 Å². The number of hydrogen-bond donors (Lipinski definition) is 2. The molecule has 4 nitrogen and oxygen atoms in total. The number of anilines is 1. The molecule has 100 valence electrons. The van der Waals surface area contributed by atoms with E-state index < -0.39 is 6.04 Å². The van der Waals surface area contributed by atoms with Gasteiger partial charge in [-0.15, -0.1) is 0 Å². The molecule has 4 heteroatoms. The van der Waals surface area contributed by atoms with Crippen LogP contribution in [0.3, 0.4) is 0 Å². The highest BCUT2D eigenvalue weighted by Gasteiger charge is 2.31. The van der Waals surface area contributed by atoms with Gasteiger partial charge in [-0.1, -0.05) is 26.8 Å². The lowest BCUT2D eigenvalue weighted by Gasteiger charge is -2.31. The van der Waals surface area contributed by atoms with Crippen molar-refractivity contribution >= 4 is 11.6 Å². The predicted molar refractivity (Wildman–Crippen MR) is 73.6 cm³/mol. The lowest BCUT2D eigenvalue weighted by Crippen LogP contribution is -2.50. The van der Waals surface area contributed by atoms with Crippen molar-refractivity contribution in [1.82, 2.24) is 0 Å². The summed E-state index contributed by atoms with van der Waals surface area (Å²) >= 11 is 0. The van der Waals surface area contributed by atoms with Crippen LogP contribution in [0.5, 0.6) is 5.75 Å². The van der Waals surface area contributed by atoms with Gasteiger partial charge < -0.3 is 15.7 Å². The Morgan fingerprint density at radius 1 is 1.44 bits per heavy atom. The van der Waals surface area contributed by atoms with E-state index in [4.69, 9.17) is 5.73 Å². The number of carbonyl (C=O) groups excluding carboxylic acids is 1. The van der Waals surface area contributed by atoms with Crippen LogP contribution in [-0.4, -0.2) is 23.6 Å². The van der Waals surface area contributed by atoms with Crippen molar-refractivity contribution in [2.24, 2.45) is 11.1 Å². The third-order valence-electron chi connectivity index (χ3n) is 2.92. The van der Waals surface area contributed by atoms with Crippen molar-refractivity contribution in [3.05, 3.63) is 24.3 Å². The van der Waals surface area contributed by atoms with Gasteiger partial charge in [-0.05, 0) is 24.5 Å². The number of nitrogens with zero attached hydrogens (tertiary/aromatic N) is 1. The van der Waals surface area contributed by atoms with Gasteiger partial charge in [-0.2, -0.15) is 0 Å². The van der Waals surface area contributed by atoms with E-state index in [1.165, 1.54) is 0 Å². The van der Waals surface area contributed by atoms with Crippen molar-refractivity contribution in [2.75, 3.05) is 11.4 Å². The van der Waals surface area contributed by atoms with Gasteiger partial charge in [0.2, 0.25) is 5.91 Å². The highest BCUT2D eigenvalue weighted by Crippen LogP contribution is 2.24. The minimum atomic E-state index is -0.570. The molecule has 0 fully saturated rings. The number of aromatic hydroxyl groups is 1. The number of benzene rings is 1. The number of phenolic OH excluding ortho intramolecular Hbond substituents is 1. The quantitative estimate of drug-likeness (QED) is 0.863. The van der Waals surface area contributed by atoms with Gasteiger partial charge in [0.1, 0.15) is 5.75 Å². The van der Waals surface area contributed by atoms with Gasteiger partial charge >= 0.3 is 0 Å². The highest BCUT2D eigenvalue weighted by atomic mass is 16.3. The normalized spacial score (nSPS) is 13.2. The minimum Gasteiger partial charge on any atom is -0.508 e. The molecule has 1 aromatic rings. The van der Waals surface area contributed by atoms with Crippen LogP contribution in [0.4, 0.5) is 5.69 Å². The summed E-state index contributed by atoms with van der Waals surface area (Å²) in [4.78, 5) is 13.9. The molecule has 1 atom stereocenters. The van der Waals surface area contributed by atoms with E-state index in [2.05, 4.69) is 0 Å². The Morgan fingerprint density at radius 3 is 2.50 bits per heavy atom. The summed E-state index contributed by atoms with van der Waals surface area (Å²) in [5, 5.41) is 9.47. The lowest BCUT2D eigenvalue weighted by molar-refractivity contribution is -0.121. The van der Waals surface area contributed by atoms with Gasteiger partial charge in [0.15, 0.2) is 0 Å². The van der Waals surface area contributed by atoms with E-state index in [1.54, 1.807) is 29.2 Å². The standard InChI is InChI=1S/C14H22N2O2/c1-5-16(10-7-6-8-11(17)9-10)13(18)12(15)14(2,3)4/h6-9,12,17H,5,15H2,1-4H3. The van der Waals surface area contributed by atoms with E-state index >= 15 is 0 Å². The van der Waals surface area contributed by atoms with E-state index in [0.29, 0.717) is 12.2 Å². The number of rotatable bonds is 3. The van der Waals surface area contributed by atoms with Crippen LogP contribution in [-0.2, 0) is 4.79 Å². The van der Waals surface area contributed by atoms with Crippen molar-refractivity contribution < 1.29 is 9.90 Å². The third kappa shape index (κ3) is 3.23. The summed E-state index contributed by atoms with van der Waals surface area (Å²) in [5.41, 5.74) is 6.37. The number of likely N-dealkylation sites (N-methyl/N-ethyl adjacent to an activating group) is 1. The number of amides is 1. The molecule has 1 amide bonds. The van der Waals surface area contributed by atoms with Crippen LogP contribution in [0.15, 0.2) is 24.3 Å². The first-order chi connectivity index (χ1) is 8.27. The first-order valence-electron chi connectivity index (χ1n) is 6.13. The summed E-state index contributed by atoms with van der Waals surface area (Å²) in [7, 11) is 0. The molecule has 3 N–H and O–H groups in total. The first kappa shape index (κ1) is 14.5. The molecule has 0 aliphatic heterocycles. The monoisotopic (exact) mass is 250 g/mol. The van der Waals surface area contributed by atoms with Crippen LogP contribution in [0.1, 0.15) is 27.7 Å². The second-order valence-electron chi connectivity index (χ2n) is 5.45. The second kappa shape index (κ2) is 5.40. The van der Waals surface area contributed by atoms with Gasteiger partial charge in [0.05, 0.1) is 6.04 Å². The molecule has 0 aliphatic carbocycles. The van der Waals surface area contributed by atoms with Crippen LogP contribution in [0.2, 0.25) is 0 Å². The van der Waals surface area contributed by atoms with Gasteiger partial charge in [-0.25, -0.2) is 0 Å². The number of carbonyl (C=O) groups is 1. The molecule has 1 rings (SSSR count). The average molecular weight is 250 g/mol. The highest BCUT2D eigenvalue weighted by molar-refractivity contribution is 5.97. The zero-order valence-electron chi connectivity index (χ0n) is 11.5. The van der Waals surface area contributed by atoms with E-state index in [-0.39, 0.29) is 17.1 Å².